The predicted octanol–water partition coefficient (Wildman–Crippen LogP) is 3.79. The molecule has 0 aliphatic carbocycles. The Kier molecular flexibility index (Phi) is 4.63. The number of nitrogens with zero attached hydrogens (tertiary/aromatic N) is 1. The molecule has 0 aliphatic heterocycles. The van der Waals surface area contributed by atoms with Gasteiger partial charge in [-0.15, -0.1) is 0 Å². The van der Waals surface area contributed by atoms with Crippen molar-refractivity contribution in [1.82, 2.24) is 0 Å². The van der Waals surface area contributed by atoms with Crippen LogP contribution in [0.2, 0.25) is 5.02 Å². The molecule has 0 saturated carbocycles. The van der Waals surface area contributed by atoms with Crippen molar-refractivity contribution in [3.8, 4) is 0 Å². The van der Waals surface area contributed by atoms with Gasteiger partial charge in [0.15, 0.2) is 0 Å². The maximum Gasteiger partial charge on any atom is 0.126 e. The maximum atomic E-state index is 13.7. The molecule has 0 spiro atoms. The van der Waals surface area contributed by atoms with E-state index in [1.54, 1.807) is 6.07 Å². The molecule has 0 aliphatic rings. The van der Waals surface area contributed by atoms with Crippen molar-refractivity contribution in [2.24, 2.45) is 5.73 Å². The predicted molar refractivity (Wildman–Crippen MR) is 82.8 cm³/mol. The first-order chi connectivity index (χ1) is 9.47. The van der Waals surface area contributed by atoms with E-state index < -0.39 is 0 Å². The van der Waals surface area contributed by atoms with Gasteiger partial charge in [0, 0.05) is 30.8 Å². The van der Waals surface area contributed by atoms with Crippen molar-refractivity contribution in [2.75, 3.05) is 19.0 Å². The highest BCUT2D eigenvalue weighted by molar-refractivity contribution is 6.30. The summed E-state index contributed by atoms with van der Waals surface area (Å²) in [4.78, 5) is 2.02. The van der Waals surface area contributed by atoms with Gasteiger partial charge in [-0.05, 0) is 47.9 Å². The minimum absolute atomic E-state index is 0.251. The van der Waals surface area contributed by atoms with Crippen LogP contribution in [0.15, 0.2) is 42.5 Å². The van der Waals surface area contributed by atoms with Crippen molar-refractivity contribution in [2.45, 2.75) is 12.5 Å². The van der Waals surface area contributed by atoms with Crippen LogP contribution < -0.4 is 10.6 Å². The molecule has 2 rings (SSSR count). The first kappa shape index (κ1) is 14.8. The normalized spacial score (nSPS) is 12.2. The van der Waals surface area contributed by atoms with E-state index in [1.165, 1.54) is 12.1 Å². The highest BCUT2D eigenvalue weighted by Gasteiger charge is 2.11. The summed E-state index contributed by atoms with van der Waals surface area (Å²) in [5, 5.41) is 0.525. The quantitative estimate of drug-likeness (QED) is 0.929. The first-order valence-electron chi connectivity index (χ1n) is 6.44. The molecule has 2 N–H and O–H groups in total. The van der Waals surface area contributed by atoms with E-state index in [-0.39, 0.29) is 11.9 Å². The highest BCUT2D eigenvalue weighted by Crippen LogP contribution is 2.22. The number of rotatable bonds is 4. The summed E-state index contributed by atoms with van der Waals surface area (Å²) in [5.74, 6) is -0.269. The first-order valence-corrected chi connectivity index (χ1v) is 6.82. The van der Waals surface area contributed by atoms with Gasteiger partial charge in [0.25, 0.3) is 0 Å². The number of benzene rings is 2. The van der Waals surface area contributed by atoms with Crippen LogP contribution >= 0.6 is 11.6 Å². The van der Waals surface area contributed by atoms with Crippen LogP contribution in [0, 0.1) is 5.82 Å². The van der Waals surface area contributed by atoms with Crippen LogP contribution in [-0.2, 0) is 6.42 Å². The minimum atomic E-state index is -0.269. The second kappa shape index (κ2) is 6.25. The SMILES string of the molecule is CN(C)c1ccc(C(N)Cc2cc(Cl)ccc2F)cc1. The Morgan fingerprint density at radius 1 is 1.15 bits per heavy atom. The summed E-state index contributed by atoms with van der Waals surface area (Å²) < 4.78 is 13.7. The van der Waals surface area contributed by atoms with E-state index in [2.05, 4.69) is 0 Å². The molecule has 0 heterocycles. The van der Waals surface area contributed by atoms with E-state index in [0.717, 1.165) is 11.3 Å². The third kappa shape index (κ3) is 3.50. The molecule has 0 radical (unpaired) electrons. The Bertz CT molecular complexity index is 582. The van der Waals surface area contributed by atoms with Gasteiger partial charge in [-0.3, -0.25) is 0 Å². The molecule has 1 unspecified atom stereocenters. The molecular weight excluding hydrogens is 275 g/mol. The van der Waals surface area contributed by atoms with E-state index in [0.29, 0.717) is 17.0 Å². The maximum absolute atomic E-state index is 13.7. The zero-order valence-corrected chi connectivity index (χ0v) is 12.4. The molecule has 20 heavy (non-hydrogen) atoms. The van der Waals surface area contributed by atoms with Crippen LogP contribution in [0.4, 0.5) is 10.1 Å². The van der Waals surface area contributed by atoms with Crippen molar-refractivity contribution < 1.29 is 4.39 Å². The summed E-state index contributed by atoms with van der Waals surface area (Å²) in [6, 6.07) is 12.2. The van der Waals surface area contributed by atoms with Crippen molar-refractivity contribution in [3.63, 3.8) is 0 Å². The van der Waals surface area contributed by atoms with Gasteiger partial charge in [-0.1, -0.05) is 23.7 Å². The molecular formula is C16H18ClFN2. The molecule has 1 atom stereocenters. The van der Waals surface area contributed by atoms with Crippen LogP contribution in [-0.4, -0.2) is 14.1 Å². The Morgan fingerprint density at radius 3 is 2.40 bits per heavy atom. The van der Waals surface area contributed by atoms with Crippen molar-refractivity contribution >= 4 is 17.3 Å². The zero-order valence-electron chi connectivity index (χ0n) is 11.6. The Balaban J connectivity index is 2.15. The summed E-state index contributed by atoms with van der Waals surface area (Å²) in [5.41, 5.74) is 8.78. The van der Waals surface area contributed by atoms with E-state index in [4.69, 9.17) is 17.3 Å². The Morgan fingerprint density at radius 2 is 1.80 bits per heavy atom. The van der Waals surface area contributed by atoms with Gasteiger partial charge in [-0.2, -0.15) is 0 Å². The van der Waals surface area contributed by atoms with E-state index in [1.807, 2.05) is 43.3 Å². The van der Waals surface area contributed by atoms with Gasteiger partial charge >= 0.3 is 0 Å². The molecule has 106 valence electrons. The Labute approximate surface area is 124 Å². The third-order valence-electron chi connectivity index (χ3n) is 3.29. The number of hydrogen-bond acceptors (Lipinski definition) is 2. The van der Waals surface area contributed by atoms with Crippen LogP contribution in [0.25, 0.3) is 0 Å². The highest BCUT2D eigenvalue weighted by atomic mass is 35.5. The average molecular weight is 293 g/mol. The zero-order chi connectivity index (χ0) is 14.7. The molecule has 0 saturated heterocycles. The third-order valence-corrected chi connectivity index (χ3v) is 3.52. The lowest BCUT2D eigenvalue weighted by Crippen LogP contribution is -2.15. The summed E-state index contributed by atoms with van der Waals surface area (Å²) in [6.45, 7) is 0. The van der Waals surface area contributed by atoms with Crippen molar-refractivity contribution in [1.29, 1.82) is 0 Å². The molecule has 0 aromatic heterocycles. The average Bonchev–Trinajstić information content (AvgIpc) is 2.43. The fourth-order valence-corrected chi connectivity index (χ4v) is 2.27. The lowest BCUT2D eigenvalue weighted by Gasteiger charge is -2.16. The van der Waals surface area contributed by atoms with Crippen LogP contribution in [0.5, 0.6) is 0 Å². The monoisotopic (exact) mass is 292 g/mol. The summed E-state index contributed by atoms with van der Waals surface area (Å²) in [6.07, 6.45) is 0.424. The van der Waals surface area contributed by atoms with E-state index in [9.17, 15) is 4.39 Å². The summed E-state index contributed by atoms with van der Waals surface area (Å²) in [7, 11) is 3.96. The van der Waals surface area contributed by atoms with Crippen LogP contribution in [0.3, 0.4) is 0 Å². The van der Waals surface area contributed by atoms with Gasteiger partial charge in [-0.25, -0.2) is 4.39 Å². The topological polar surface area (TPSA) is 29.3 Å². The molecule has 4 heteroatoms. The number of nitrogens with two attached hydrogens (primary N) is 1. The van der Waals surface area contributed by atoms with Gasteiger partial charge < -0.3 is 10.6 Å². The minimum Gasteiger partial charge on any atom is -0.378 e. The molecule has 2 nitrogen and oxygen atoms in total. The van der Waals surface area contributed by atoms with Gasteiger partial charge in [0.1, 0.15) is 5.82 Å². The lowest BCUT2D eigenvalue weighted by atomic mass is 9.99. The number of anilines is 1. The van der Waals surface area contributed by atoms with Crippen LogP contribution in [0.1, 0.15) is 17.2 Å². The molecule has 2 aromatic carbocycles. The molecule has 0 bridgehead atoms. The Hall–Kier alpha value is -1.58. The second-order valence-corrected chi connectivity index (χ2v) is 5.47. The fraction of sp³-hybridized carbons (Fsp3) is 0.250. The smallest absolute Gasteiger partial charge is 0.126 e. The number of halogens is 2. The fourth-order valence-electron chi connectivity index (χ4n) is 2.07. The molecule has 0 fully saturated rings. The second-order valence-electron chi connectivity index (χ2n) is 5.03. The molecule has 2 aromatic rings. The number of hydrogen-bond donors (Lipinski definition) is 1. The molecule has 0 amide bonds. The van der Waals surface area contributed by atoms with E-state index >= 15 is 0 Å². The van der Waals surface area contributed by atoms with Gasteiger partial charge in [0.2, 0.25) is 0 Å². The standard InChI is InChI=1S/C16H18ClFN2/c1-20(2)14-6-3-11(4-7-14)16(19)10-12-9-13(17)5-8-15(12)18/h3-9,16H,10,19H2,1-2H3. The lowest BCUT2D eigenvalue weighted by molar-refractivity contribution is 0.593. The van der Waals surface area contributed by atoms with Crippen molar-refractivity contribution in [3.05, 3.63) is 64.4 Å². The van der Waals surface area contributed by atoms with Gasteiger partial charge in [0.05, 0.1) is 0 Å². The largest absolute Gasteiger partial charge is 0.378 e. The summed E-state index contributed by atoms with van der Waals surface area (Å²) >= 11 is 5.89.